The fourth-order valence-electron chi connectivity index (χ4n) is 6.12. The number of fused-ring (bicyclic) bond motifs is 1. The van der Waals surface area contributed by atoms with Crippen molar-refractivity contribution in [3.63, 3.8) is 0 Å². The number of nitrogens with zero attached hydrogens (tertiary/aromatic N) is 5. The highest BCUT2D eigenvalue weighted by Crippen LogP contribution is 2.38. The summed E-state index contributed by atoms with van der Waals surface area (Å²) in [6, 6.07) is 8.59. The lowest BCUT2D eigenvalue weighted by Crippen LogP contribution is -2.36. The van der Waals surface area contributed by atoms with Gasteiger partial charge in [-0.15, -0.1) is 5.10 Å². The minimum Gasteiger partial charge on any atom is -0.348 e. The monoisotopic (exact) mass is 587 g/mol. The zero-order valence-corrected chi connectivity index (χ0v) is 24.4. The van der Waals surface area contributed by atoms with E-state index in [1.165, 1.54) is 11.0 Å². The Kier molecular flexibility index (Phi) is 8.07. The number of aromatic nitrogens is 4. The van der Waals surface area contributed by atoms with E-state index in [9.17, 15) is 9.59 Å². The van der Waals surface area contributed by atoms with E-state index in [2.05, 4.69) is 20.6 Å². The van der Waals surface area contributed by atoms with Gasteiger partial charge in [0.05, 0.1) is 18.3 Å². The third kappa shape index (κ3) is 5.81. The van der Waals surface area contributed by atoms with Crippen LogP contribution in [0.25, 0.3) is 27.6 Å². The van der Waals surface area contributed by atoms with Crippen LogP contribution in [0, 0.1) is 11.6 Å². The molecule has 1 saturated heterocycles. The van der Waals surface area contributed by atoms with Gasteiger partial charge in [0.1, 0.15) is 11.5 Å². The number of hydrogen-bond acceptors (Lipinski definition) is 5. The summed E-state index contributed by atoms with van der Waals surface area (Å²) in [5.74, 6) is -0.999. The maximum Gasteiger partial charge on any atom is 0.269 e. The van der Waals surface area contributed by atoms with Gasteiger partial charge < -0.3 is 20.1 Å². The highest BCUT2D eigenvalue weighted by atomic mass is 19.1. The van der Waals surface area contributed by atoms with Crippen molar-refractivity contribution < 1.29 is 18.4 Å². The molecule has 0 bridgehead atoms. The lowest BCUT2D eigenvalue weighted by atomic mass is 9.87. The molecular formula is C32H35F2N7O2. The average Bonchev–Trinajstić information content (AvgIpc) is 3.71. The van der Waals surface area contributed by atoms with E-state index in [0.717, 1.165) is 25.9 Å². The Hall–Kier alpha value is -4.38. The Balaban J connectivity index is 1.38. The smallest absolute Gasteiger partial charge is 0.269 e. The van der Waals surface area contributed by atoms with Gasteiger partial charge in [0, 0.05) is 50.8 Å². The van der Waals surface area contributed by atoms with Crippen molar-refractivity contribution in [3.8, 4) is 11.1 Å². The molecule has 0 atom stereocenters. The van der Waals surface area contributed by atoms with Gasteiger partial charge in [-0.1, -0.05) is 23.4 Å². The Morgan fingerprint density at radius 3 is 2.63 bits per heavy atom. The van der Waals surface area contributed by atoms with Crippen LogP contribution in [0.2, 0.25) is 0 Å². The summed E-state index contributed by atoms with van der Waals surface area (Å²) in [5, 5.41) is 11.5. The maximum absolute atomic E-state index is 16.3. The van der Waals surface area contributed by atoms with E-state index in [0.29, 0.717) is 52.7 Å². The molecule has 43 heavy (non-hydrogen) atoms. The maximum atomic E-state index is 16.3. The minimum absolute atomic E-state index is 0.0582. The SMILES string of the molecule is CN(C)C(=O)c1cc2c(-c3ccc(C4CCNCC4)c(F)c3)cc(C3=CCCN(C(=O)CCn4ccnn4)C3)c(F)c2[nH]1. The van der Waals surface area contributed by atoms with E-state index in [1.807, 2.05) is 18.2 Å². The van der Waals surface area contributed by atoms with Crippen molar-refractivity contribution in [2.45, 2.75) is 38.1 Å². The zero-order valence-electron chi connectivity index (χ0n) is 24.4. The Bertz CT molecular complexity index is 1690. The standard InChI is InChI=1S/C32H35F2N7O2/c1-39(2)32(43)28-18-26-24(21-5-6-23(27(33)16-21)20-7-10-35-11-8-20)17-25(30(34)31(26)37-28)22-4-3-13-40(19-22)29(42)9-14-41-15-12-36-38-41/h4-6,12,15-18,20,35,37H,3,7-11,13-14,19H2,1-2H3. The van der Waals surface area contributed by atoms with Gasteiger partial charge in [0.15, 0.2) is 5.82 Å². The second-order valence-corrected chi connectivity index (χ2v) is 11.5. The van der Waals surface area contributed by atoms with Crippen molar-refractivity contribution in [1.82, 2.24) is 35.1 Å². The molecule has 2 N–H and O–H groups in total. The van der Waals surface area contributed by atoms with Crippen LogP contribution in [0.15, 0.2) is 48.8 Å². The highest BCUT2D eigenvalue weighted by molar-refractivity contribution is 6.04. The lowest BCUT2D eigenvalue weighted by molar-refractivity contribution is -0.131. The molecule has 11 heteroatoms. The Morgan fingerprint density at radius 1 is 1.09 bits per heavy atom. The second kappa shape index (κ2) is 12.1. The summed E-state index contributed by atoms with van der Waals surface area (Å²) in [5.41, 5.74) is 3.32. The van der Waals surface area contributed by atoms with E-state index >= 15 is 8.78 Å². The van der Waals surface area contributed by atoms with Crippen LogP contribution in [-0.2, 0) is 11.3 Å². The first-order valence-corrected chi connectivity index (χ1v) is 14.7. The molecule has 2 amide bonds. The molecule has 4 heterocycles. The topological polar surface area (TPSA) is 99.2 Å². The van der Waals surface area contributed by atoms with Crippen LogP contribution in [0.4, 0.5) is 8.78 Å². The number of H-pyrrole nitrogens is 1. The van der Waals surface area contributed by atoms with Crippen LogP contribution >= 0.6 is 0 Å². The van der Waals surface area contributed by atoms with Gasteiger partial charge in [0.25, 0.3) is 5.91 Å². The summed E-state index contributed by atoms with van der Waals surface area (Å²) < 4.78 is 33.5. The van der Waals surface area contributed by atoms with E-state index < -0.39 is 5.82 Å². The number of aryl methyl sites for hydroxylation is 1. The van der Waals surface area contributed by atoms with Crippen molar-refractivity contribution >= 4 is 28.3 Å². The van der Waals surface area contributed by atoms with Crippen LogP contribution in [0.1, 0.15) is 53.2 Å². The van der Waals surface area contributed by atoms with Gasteiger partial charge in [-0.05, 0) is 78.7 Å². The van der Waals surface area contributed by atoms with Crippen molar-refractivity contribution in [1.29, 1.82) is 0 Å². The molecule has 2 aliphatic rings. The number of benzene rings is 2. The van der Waals surface area contributed by atoms with E-state index in [-0.39, 0.29) is 47.7 Å². The quantitative estimate of drug-likeness (QED) is 0.330. The first kappa shape index (κ1) is 28.7. The number of carbonyl (C=O) groups excluding carboxylic acids is 2. The number of piperidine rings is 1. The number of aromatic amines is 1. The van der Waals surface area contributed by atoms with Crippen LogP contribution < -0.4 is 5.32 Å². The third-order valence-corrected chi connectivity index (χ3v) is 8.46. The van der Waals surface area contributed by atoms with Crippen molar-refractivity contribution in [2.24, 2.45) is 0 Å². The fraction of sp³-hybridized carbons (Fsp3) is 0.375. The lowest BCUT2D eigenvalue weighted by Gasteiger charge is -2.28. The average molecular weight is 588 g/mol. The Morgan fingerprint density at radius 2 is 1.91 bits per heavy atom. The normalized spacial score (nSPS) is 16.0. The molecule has 9 nitrogen and oxygen atoms in total. The summed E-state index contributed by atoms with van der Waals surface area (Å²) in [4.78, 5) is 32.0. The number of amides is 2. The second-order valence-electron chi connectivity index (χ2n) is 11.5. The largest absolute Gasteiger partial charge is 0.348 e. The molecule has 2 aromatic heterocycles. The molecule has 0 radical (unpaired) electrons. The minimum atomic E-state index is -0.508. The first-order valence-electron chi connectivity index (χ1n) is 14.7. The van der Waals surface area contributed by atoms with E-state index in [4.69, 9.17) is 0 Å². The van der Waals surface area contributed by atoms with Crippen molar-refractivity contribution in [2.75, 3.05) is 40.3 Å². The third-order valence-electron chi connectivity index (χ3n) is 8.46. The molecule has 2 aliphatic heterocycles. The molecule has 0 unspecified atom stereocenters. The highest BCUT2D eigenvalue weighted by Gasteiger charge is 2.26. The van der Waals surface area contributed by atoms with E-state index in [1.54, 1.807) is 48.2 Å². The predicted octanol–water partition coefficient (Wildman–Crippen LogP) is 4.58. The molecule has 224 valence electrons. The molecule has 0 spiro atoms. The van der Waals surface area contributed by atoms with Crippen LogP contribution in [0.3, 0.4) is 0 Å². The Labute approximate surface area is 248 Å². The number of rotatable bonds is 7. The van der Waals surface area contributed by atoms with Gasteiger partial charge >= 0.3 is 0 Å². The van der Waals surface area contributed by atoms with Gasteiger partial charge in [-0.2, -0.15) is 0 Å². The zero-order chi connectivity index (χ0) is 30.1. The summed E-state index contributed by atoms with van der Waals surface area (Å²) in [6.07, 6.45) is 7.78. The van der Waals surface area contributed by atoms with Crippen LogP contribution in [0.5, 0.6) is 0 Å². The molecule has 4 aromatic rings. The van der Waals surface area contributed by atoms with Crippen molar-refractivity contribution in [3.05, 3.63) is 77.3 Å². The molecule has 1 fully saturated rings. The molecule has 6 rings (SSSR count). The van der Waals surface area contributed by atoms with Gasteiger partial charge in [-0.3, -0.25) is 14.3 Å². The summed E-state index contributed by atoms with van der Waals surface area (Å²) in [6.45, 7) is 2.89. The van der Waals surface area contributed by atoms with Gasteiger partial charge in [-0.25, -0.2) is 8.78 Å². The van der Waals surface area contributed by atoms with Crippen LogP contribution in [-0.4, -0.2) is 81.9 Å². The number of halogens is 2. The predicted molar refractivity (Wildman–Crippen MR) is 160 cm³/mol. The first-order chi connectivity index (χ1) is 20.8. The molecule has 0 saturated carbocycles. The number of nitrogens with one attached hydrogen (secondary N) is 2. The number of carbonyl (C=O) groups is 2. The fourth-order valence-corrected chi connectivity index (χ4v) is 6.12. The number of hydrogen-bond donors (Lipinski definition) is 2. The molecule has 0 aliphatic carbocycles. The molecule has 2 aromatic carbocycles. The molecular weight excluding hydrogens is 552 g/mol. The van der Waals surface area contributed by atoms with Gasteiger partial charge in [0.2, 0.25) is 5.91 Å². The summed E-state index contributed by atoms with van der Waals surface area (Å²) >= 11 is 0. The summed E-state index contributed by atoms with van der Waals surface area (Å²) in [7, 11) is 3.26.